The smallest absolute Gasteiger partial charge is 0.186 e. The first-order valence-corrected chi connectivity index (χ1v) is 9.17. The van der Waals surface area contributed by atoms with Crippen molar-refractivity contribution in [3.05, 3.63) is 18.2 Å². The highest BCUT2D eigenvalue weighted by Gasteiger charge is 2.26. The number of hydrogen-bond donors (Lipinski definition) is 0. The van der Waals surface area contributed by atoms with Gasteiger partial charge in [-0.3, -0.25) is 4.90 Å². The Morgan fingerprint density at radius 2 is 1.96 bits per heavy atom. The number of anilines is 1. The zero-order chi connectivity index (χ0) is 15.6. The van der Waals surface area contributed by atoms with Crippen molar-refractivity contribution >= 4 is 26.7 Å². The number of ether oxygens (including phenoxy) is 2. The quantitative estimate of drug-likeness (QED) is 0.863. The Hall–Kier alpha value is -1.37. The Bertz CT molecular complexity index is 661. The minimum atomic E-state index is 0.710. The summed E-state index contributed by atoms with van der Waals surface area (Å²) < 4.78 is 12.1. The molecule has 2 saturated heterocycles. The van der Waals surface area contributed by atoms with Crippen molar-refractivity contribution in [2.75, 3.05) is 51.4 Å². The molecule has 1 aromatic carbocycles. The fourth-order valence-corrected chi connectivity index (χ4v) is 4.58. The van der Waals surface area contributed by atoms with Gasteiger partial charge in [0.25, 0.3) is 0 Å². The number of fused-ring (bicyclic) bond motifs is 1. The van der Waals surface area contributed by atoms with E-state index >= 15 is 0 Å². The van der Waals surface area contributed by atoms with E-state index < -0.39 is 0 Å². The molecule has 2 aliphatic rings. The molecule has 1 aromatic heterocycles. The minimum Gasteiger partial charge on any atom is -0.494 e. The second-order valence-corrected chi connectivity index (χ2v) is 7.18. The number of nitrogens with zero attached hydrogens (tertiary/aromatic N) is 3. The summed E-state index contributed by atoms with van der Waals surface area (Å²) in [7, 11) is 1.71. The molecule has 2 aromatic rings. The van der Waals surface area contributed by atoms with Crippen molar-refractivity contribution in [2.24, 2.45) is 0 Å². The molecule has 3 heterocycles. The number of aromatic nitrogens is 1. The average Bonchev–Trinajstić information content (AvgIpc) is 3.07. The summed E-state index contributed by atoms with van der Waals surface area (Å²) in [6, 6.07) is 6.85. The Labute approximate surface area is 140 Å². The molecule has 2 fully saturated rings. The molecular formula is C17H23N3O2S. The maximum atomic E-state index is 5.48. The molecule has 0 N–H and O–H groups in total. The van der Waals surface area contributed by atoms with E-state index in [2.05, 4.69) is 15.9 Å². The summed E-state index contributed by atoms with van der Waals surface area (Å²) in [5, 5.41) is 1.12. The van der Waals surface area contributed by atoms with E-state index in [0.717, 1.165) is 55.8 Å². The van der Waals surface area contributed by atoms with Gasteiger partial charge >= 0.3 is 0 Å². The SMILES string of the molecule is COc1cccc2sc(N3CCN(C4CCOCC4)CC3)nc12. The zero-order valence-electron chi connectivity index (χ0n) is 13.5. The molecule has 23 heavy (non-hydrogen) atoms. The van der Waals surface area contributed by atoms with Gasteiger partial charge in [0.15, 0.2) is 5.13 Å². The van der Waals surface area contributed by atoms with E-state index in [1.54, 1.807) is 18.4 Å². The van der Waals surface area contributed by atoms with Gasteiger partial charge in [-0.2, -0.15) is 0 Å². The van der Waals surface area contributed by atoms with Crippen LogP contribution in [0.5, 0.6) is 5.75 Å². The normalized spacial score (nSPS) is 21.0. The Morgan fingerprint density at radius 1 is 1.17 bits per heavy atom. The first kappa shape index (κ1) is 15.2. The maximum Gasteiger partial charge on any atom is 0.186 e. The lowest BCUT2D eigenvalue weighted by Crippen LogP contribution is -2.51. The molecule has 6 heteroatoms. The standard InChI is InChI=1S/C17H23N3O2S/c1-21-14-3-2-4-15-16(14)18-17(23-15)20-9-7-19(8-10-20)13-5-11-22-12-6-13/h2-4,13H,5-12H2,1H3. The summed E-state index contributed by atoms with van der Waals surface area (Å²) >= 11 is 1.77. The molecule has 0 amide bonds. The third-order valence-corrected chi connectivity index (χ3v) is 5.96. The van der Waals surface area contributed by atoms with Gasteiger partial charge in [0, 0.05) is 45.4 Å². The fourth-order valence-electron chi connectivity index (χ4n) is 3.54. The van der Waals surface area contributed by atoms with Gasteiger partial charge in [-0.05, 0) is 25.0 Å². The highest BCUT2D eigenvalue weighted by atomic mass is 32.1. The van der Waals surface area contributed by atoms with Crippen molar-refractivity contribution in [1.82, 2.24) is 9.88 Å². The maximum absolute atomic E-state index is 5.48. The summed E-state index contributed by atoms with van der Waals surface area (Å²) in [6.07, 6.45) is 2.36. The van der Waals surface area contributed by atoms with E-state index in [9.17, 15) is 0 Å². The van der Waals surface area contributed by atoms with Crippen LogP contribution in [0.15, 0.2) is 18.2 Å². The first-order valence-electron chi connectivity index (χ1n) is 8.35. The molecule has 0 unspecified atom stereocenters. The van der Waals surface area contributed by atoms with Crippen LogP contribution in [0.2, 0.25) is 0 Å². The number of hydrogen-bond acceptors (Lipinski definition) is 6. The first-order chi connectivity index (χ1) is 11.3. The van der Waals surface area contributed by atoms with Crippen molar-refractivity contribution in [3.63, 3.8) is 0 Å². The topological polar surface area (TPSA) is 37.8 Å². The number of piperazine rings is 1. The van der Waals surface area contributed by atoms with Gasteiger partial charge in [0.1, 0.15) is 11.3 Å². The monoisotopic (exact) mass is 333 g/mol. The van der Waals surface area contributed by atoms with Crippen LogP contribution in [0.4, 0.5) is 5.13 Å². The number of rotatable bonds is 3. The van der Waals surface area contributed by atoms with E-state index in [0.29, 0.717) is 6.04 Å². The summed E-state index contributed by atoms with van der Waals surface area (Å²) in [5.74, 6) is 0.867. The third kappa shape index (κ3) is 3.03. The van der Waals surface area contributed by atoms with Crippen LogP contribution in [0, 0.1) is 0 Å². The van der Waals surface area contributed by atoms with E-state index in [-0.39, 0.29) is 0 Å². The van der Waals surface area contributed by atoms with Crippen LogP contribution in [0.25, 0.3) is 10.2 Å². The van der Waals surface area contributed by atoms with Gasteiger partial charge in [-0.15, -0.1) is 0 Å². The molecule has 0 spiro atoms. The Balaban J connectivity index is 1.45. The van der Waals surface area contributed by atoms with Crippen molar-refractivity contribution in [1.29, 1.82) is 0 Å². The molecule has 2 aliphatic heterocycles. The molecule has 0 radical (unpaired) electrons. The van der Waals surface area contributed by atoms with Crippen molar-refractivity contribution in [3.8, 4) is 5.75 Å². The van der Waals surface area contributed by atoms with Crippen LogP contribution < -0.4 is 9.64 Å². The summed E-state index contributed by atoms with van der Waals surface area (Å²) in [4.78, 5) is 9.87. The number of thiazole rings is 1. The lowest BCUT2D eigenvalue weighted by Gasteiger charge is -2.40. The van der Waals surface area contributed by atoms with Crippen molar-refractivity contribution < 1.29 is 9.47 Å². The third-order valence-electron chi connectivity index (χ3n) is 4.88. The second-order valence-electron chi connectivity index (χ2n) is 6.17. The van der Waals surface area contributed by atoms with E-state index in [4.69, 9.17) is 14.5 Å². The summed E-state index contributed by atoms with van der Waals surface area (Å²) in [6.45, 7) is 6.19. The predicted octanol–water partition coefficient (Wildman–Crippen LogP) is 2.61. The molecule has 5 nitrogen and oxygen atoms in total. The van der Waals surface area contributed by atoms with Crippen LogP contribution >= 0.6 is 11.3 Å². The average molecular weight is 333 g/mol. The highest BCUT2D eigenvalue weighted by molar-refractivity contribution is 7.22. The van der Waals surface area contributed by atoms with Gasteiger partial charge < -0.3 is 14.4 Å². The van der Waals surface area contributed by atoms with Gasteiger partial charge in [0.2, 0.25) is 0 Å². The highest BCUT2D eigenvalue weighted by Crippen LogP contribution is 2.34. The number of benzene rings is 1. The van der Waals surface area contributed by atoms with Gasteiger partial charge in [-0.1, -0.05) is 17.4 Å². The second kappa shape index (κ2) is 6.63. The van der Waals surface area contributed by atoms with Gasteiger partial charge in [-0.25, -0.2) is 4.98 Å². The Morgan fingerprint density at radius 3 is 2.70 bits per heavy atom. The van der Waals surface area contributed by atoms with Crippen LogP contribution in [-0.2, 0) is 4.74 Å². The van der Waals surface area contributed by atoms with Gasteiger partial charge in [0.05, 0.1) is 11.8 Å². The van der Waals surface area contributed by atoms with Crippen LogP contribution in [0.1, 0.15) is 12.8 Å². The van der Waals surface area contributed by atoms with Crippen molar-refractivity contribution in [2.45, 2.75) is 18.9 Å². The molecule has 124 valence electrons. The number of para-hydroxylation sites is 1. The molecule has 0 atom stereocenters. The molecule has 0 bridgehead atoms. The van der Waals surface area contributed by atoms with Crippen LogP contribution in [-0.4, -0.2) is 62.4 Å². The molecule has 0 aliphatic carbocycles. The molecule has 4 rings (SSSR count). The molecule has 0 saturated carbocycles. The number of methoxy groups -OCH3 is 1. The van der Waals surface area contributed by atoms with E-state index in [1.165, 1.54) is 17.5 Å². The van der Waals surface area contributed by atoms with Crippen LogP contribution in [0.3, 0.4) is 0 Å². The minimum absolute atomic E-state index is 0.710. The lowest BCUT2D eigenvalue weighted by molar-refractivity contribution is 0.0321. The Kier molecular flexibility index (Phi) is 4.37. The lowest BCUT2D eigenvalue weighted by atomic mass is 10.1. The van der Waals surface area contributed by atoms with E-state index in [1.807, 2.05) is 12.1 Å². The predicted molar refractivity (Wildman–Crippen MR) is 93.8 cm³/mol. The fraction of sp³-hybridized carbons (Fsp3) is 0.588. The largest absolute Gasteiger partial charge is 0.494 e. The summed E-state index contributed by atoms with van der Waals surface area (Å²) in [5.41, 5.74) is 0.988. The molecular weight excluding hydrogens is 310 g/mol. The zero-order valence-corrected chi connectivity index (χ0v) is 14.3.